The summed E-state index contributed by atoms with van der Waals surface area (Å²) < 4.78 is 9.82. The van der Waals surface area contributed by atoms with Crippen LogP contribution >= 0.6 is 0 Å². The molecule has 8 heteroatoms. The molecule has 0 spiro atoms. The number of hydrogen-bond donors (Lipinski definition) is 3. The number of fused-ring (bicyclic) bond motifs is 1. The van der Waals surface area contributed by atoms with Crippen LogP contribution < -0.4 is 10.6 Å². The maximum Gasteiger partial charge on any atom is 0.412 e. The number of carbonyl (C=O) groups excluding carboxylic acids is 2. The van der Waals surface area contributed by atoms with Crippen LogP contribution in [0.15, 0.2) is 54.9 Å². The lowest BCUT2D eigenvalue weighted by Gasteiger charge is -2.14. The monoisotopic (exact) mass is 450 g/mol. The molecule has 2 aromatic heterocycles. The Kier molecular flexibility index (Phi) is 8.21. The molecule has 4 rings (SSSR count). The lowest BCUT2D eigenvalue weighted by Crippen LogP contribution is -2.19. The standard InChI is InChI=1S/C20H20N4O2.C5H10O2/c25-20(26-13-14-4-2-1-3-5-14)24-16-10-17-18(12-23-19(17)22-11-16)15-6-8-21-9-7-15;1-5(2,3)7-4-6/h1-6,10-12,21H,7-9,13H2,(H,22,23)(H,24,25);4H,1-3H3. The average molecular weight is 451 g/mol. The van der Waals surface area contributed by atoms with E-state index in [0.717, 1.165) is 41.7 Å². The number of amides is 1. The molecule has 3 aromatic rings. The van der Waals surface area contributed by atoms with Crippen LogP contribution in [-0.2, 0) is 20.9 Å². The highest BCUT2D eigenvalue weighted by Crippen LogP contribution is 2.28. The van der Waals surface area contributed by atoms with Gasteiger partial charge < -0.3 is 19.8 Å². The third-order valence-corrected chi connectivity index (χ3v) is 4.80. The molecular weight excluding hydrogens is 420 g/mol. The number of aromatic amines is 1. The maximum absolute atomic E-state index is 12.1. The van der Waals surface area contributed by atoms with Gasteiger partial charge in [-0.3, -0.25) is 10.1 Å². The lowest BCUT2D eigenvalue weighted by atomic mass is 10.0. The summed E-state index contributed by atoms with van der Waals surface area (Å²) in [6.07, 6.45) is 6.28. The van der Waals surface area contributed by atoms with Crippen LogP contribution in [0.3, 0.4) is 0 Å². The molecule has 1 aliphatic heterocycles. The zero-order valence-corrected chi connectivity index (χ0v) is 19.2. The Bertz CT molecular complexity index is 1100. The van der Waals surface area contributed by atoms with Crippen LogP contribution in [0, 0.1) is 0 Å². The Morgan fingerprint density at radius 1 is 1.24 bits per heavy atom. The third kappa shape index (κ3) is 7.47. The summed E-state index contributed by atoms with van der Waals surface area (Å²) in [5.74, 6) is 0. The fraction of sp³-hybridized carbons (Fsp3) is 0.320. The highest BCUT2D eigenvalue weighted by molar-refractivity contribution is 5.94. The van der Waals surface area contributed by atoms with Gasteiger partial charge in [0, 0.05) is 23.7 Å². The van der Waals surface area contributed by atoms with Crippen molar-refractivity contribution in [1.29, 1.82) is 0 Å². The third-order valence-electron chi connectivity index (χ3n) is 4.80. The molecule has 0 fully saturated rings. The summed E-state index contributed by atoms with van der Waals surface area (Å²) in [5.41, 5.74) is 4.48. The van der Waals surface area contributed by atoms with E-state index >= 15 is 0 Å². The van der Waals surface area contributed by atoms with Crippen molar-refractivity contribution in [2.24, 2.45) is 0 Å². The molecule has 0 unspecified atom stereocenters. The number of carbonyl (C=O) groups is 2. The molecule has 3 heterocycles. The van der Waals surface area contributed by atoms with Crippen molar-refractivity contribution in [1.82, 2.24) is 15.3 Å². The van der Waals surface area contributed by atoms with Crippen LogP contribution in [0.2, 0.25) is 0 Å². The molecule has 174 valence electrons. The first-order chi connectivity index (χ1) is 15.9. The van der Waals surface area contributed by atoms with Gasteiger partial charge in [0.15, 0.2) is 0 Å². The molecule has 33 heavy (non-hydrogen) atoms. The topological polar surface area (TPSA) is 105 Å². The molecule has 1 amide bonds. The van der Waals surface area contributed by atoms with E-state index in [0.29, 0.717) is 12.2 Å². The van der Waals surface area contributed by atoms with E-state index in [4.69, 9.17) is 4.74 Å². The quantitative estimate of drug-likeness (QED) is 0.489. The zero-order chi connectivity index (χ0) is 23.7. The fourth-order valence-corrected chi connectivity index (χ4v) is 3.23. The molecule has 0 saturated carbocycles. The second-order valence-electron chi connectivity index (χ2n) is 8.52. The van der Waals surface area contributed by atoms with Crippen LogP contribution in [-0.4, -0.2) is 41.2 Å². The van der Waals surface area contributed by atoms with Gasteiger partial charge in [-0.2, -0.15) is 0 Å². The van der Waals surface area contributed by atoms with Crippen molar-refractivity contribution in [2.45, 2.75) is 39.4 Å². The van der Waals surface area contributed by atoms with Crippen LogP contribution in [0.25, 0.3) is 16.6 Å². The summed E-state index contributed by atoms with van der Waals surface area (Å²) in [6, 6.07) is 11.5. The minimum atomic E-state index is -0.492. The number of pyridine rings is 1. The van der Waals surface area contributed by atoms with Gasteiger partial charge in [0.25, 0.3) is 6.47 Å². The first-order valence-corrected chi connectivity index (χ1v) is 10.8. The van der Waals surface area contributed by atoms with Gasteiger partial charge in [-0.25, -0.2) is 9.78 Å². The SMILES string of the molecule is CC(C)(C)OC=O.O=C(Nc1cnc2[nH]cc(C3=CCNCC3)c2c1)OCc1ccccc1. The van der Waals surface area contributed by atoms with Gasteiger partial charge in [0.05, 0.1) is 11.9 Å². The molecule has 0 bridgehead atoms. The van der Waals surface area contributed by atoms with Crippen molar-refractivity contribution >= 4 is 34.9 Å². The van der Waals surface area contributed by atoms with Crippen molar-refractivity contribution < 1.29 is 19.1 Å². The maximum atomic E-state index is 12.1. The van der Waals surface area contributed by atoms with Gasteiger partial charge in [-0.1, -0.05) is 36.4 Å². The zero-order valence-electron chi connectivity index (χ0n) is 19.2. The molecule has 3 N–H and O–H groups in total. The van der Waals surface area contributed by atoms with E-state index in [1.807, 2.05) is 63.4 Å². The van der Waals surface area contributed by atoms with Crippen molar-refractivity contribution in [2.75, 3.05) is 18.4 Å². The first-order valence-electron chi connectivity index (χ1n) is 10.8. The number of nitrogens with one attached hydrogen (secondary N) is 3. The van der Waals surface area contributed by atoms with Crippen LogP contribution in [0.5, 0.6) is 0 Å². The molecular formula is C25H30N4O4. The number of benzene rings is 1. The minimum absolute atomic E-state index is 0.234. The van der Waals surface area contributed by atoms with E-state index in [1.54, 1.807) is 6.20 Å². The van der Waals surface area contributed by atoms with E-state index in [2.05, 4.69) is 31.4 Å². The van der Waals surface area contributed by atoms with Gasteiger partial charge in [-0.15, -0.1) is 0 Å². The summed E-state index contributed by atoms with van der Waals surface area (Å²) in [7, 11) is 0. The van der Waals surface area contributed by atoms with Crippen molar-refractivity contribution in [3.8, 4) is 0 Å². The molecule has 0 saturated heterocycles. The van der Waals surface area contributed by atoms with E-state index in [9.17, 15) is 9.59 Å². The fourth-order valence-electron chi connectivity index (χ4n) is 3.23. The summed E-state index contributed by atoms with van der Waals surface area (Å²) in [4.78, 5) is 29.3. The smallest absolute Gasteiger partial charge is 0.412 e. The number of rotatable bonds is 5. The highest BCUT2D eigenvalue weighted by Gasteiger charge is 2.13. The predicted octanol–water partition coefficient (Wildman–Crippen LogP) is 4.65. The number of hydrogen-bond acceptors (Lipinski definition) is 6. The Balaban J connectivity index is 0.000000383. The van der Waals surface area contributed by atoms with Crippen molar-refractivity contribution in [3.05, 3.63) is 66.0 Å². The number of anilines is 1. The van der Waals surface area contributed by atoms with Gasteiger partial charge >= 0.3 is 6.09 Å². The summed E-state index contributed by atoms with van der Waals surface area (Å²) >= 11 is 0. The first kappa shape index (κ1) is 24.0. The Labute approximate surface area is 193 Å². The predicted molar refractivity (Wildman–Crippen MR) is 129 cm³/mol. The minimum Gasteiger partial charge on any atom is -0.462 e. The van der Waals surface area contributed by atoms with Gasteiger partial charge in [0.2, 0.25) is 0 Å². The summed E-state index contributed by atoms with van der Waals surface area (Å²) in [5, 5.41) is 7.07. The molecule has 0 aliphatic carbocycles. The van der Waals surface area contributed by atoms with E-state index in [-0.39, 0.29) is 12.2 Å². The Hall–Kier alpha value is -3.65. The largest absolute Gasteiger partial charge is 0.462 e. The molecule has 1 aliphatic rings. The molecule has 0 atom stereocenters. The number of nitrogens with zero attached hydrogens (tertiary/aromatic N) is 1. The Morgan fingerprint density at radius 2 is 2.03 bits per heavy atom. The van der Waals surface area contributed by atoms with E-state index in [1.165, 1.54) is 5.57 Å². The molecule has 1 aromatic carbocycles. The molecule has 8 nitrogen and oxygen atoms in total. The van der Waals surface area contributed by atoms with Gasteiger partial charge in [0.1, 0.15) is 17.9 Å². The van der Waals surface area contributed by atoms with Crippen molar-refractivity contribution in [3.63, 3.8) is 0 Å². The average Bonchev–Trinajstić information content (AvgIpc) is 3.22. The normalized spacial score (nSPS) is 13.4. The summed E-state index contributed by atoms with van der Waals surface area (Å²) in [6.45, 7) is 8.00. The van der Waals surface area contributed by atoms with Gasteiger partial charge in [-0.05, 0) is 50.9 Å². The highest BCUT2D eigenvalue weighted by atomic mass is 16.5. The van der Waals surface area contributed by atoms with E-state index < -0.39 is 6.09 Å². The Morgan fingerprint density at radius 3 is 2.67 bits per heavy atom. The lowest BCUT2D eigenvalue weighted by molar-refractivity contribution is -0.138. The molecule has 0 radical (unpaired) electrons. The number of H-pyrrole nitrogens is 1. The number of ether oxygens (including phenoxy) is 2. The number of aromatic nitrogens is 2. The van der Waals surface area contributed by atoms with Crippen LogP contribution in [0.4, 0.5) is 10.5 Å². The second-order valence-corrected chi connectivity index (χ2v) is 8.52. The van der Waals surface area contributed by atoms with Crippen LogP contribution in [0.1, 0.15) is 38.3 Å². The second kappa shape index (κ2) is 11.3.